The lowest BCUT2D eigenvalue weighted by atomic mass is 10.1. The zero-order chi connectivity index (χ0) is 23.9. The van der Waals surface area contributed by atoms with E-state index in [1.165, 1.54) is 18.5 Å². The summed E-state index contributed by atoms with van der Waals surface area (Å²) in [5, 5.41) is 3.91. The van der Waals surface area contributed by atoms with E-state index < -0.39 is 5.82 Å². The summed E-state index contributed by atoms with van der Waals surface area (Å²) in [4.78, 5) is 22.5. The van der Waals surface area contributed by atoms with E-state index in [-0.39, 0.29) is 23.8 Å². The SMILES string of the molecule is COCCC(=O)N1CCC(OCOc2ccc3ncnc(Nc4ccc(F)c(Cl)c4)c3c2)CC1. The zero-order valence-electron chi connectivity index (χ0n) is 18.8. The number of piperidine rings is 1. The first-order valence-corrected chi connectivity index (χ1v) is 11.4. The highest BCUT2D eigenvalue weighted by Gasteiger charge is 2.23. The van der Waals surface area contributed by atoms with Gasteiger partial charge in [0.05, 0.1) is 29.7 Å². The van der Waals surface area contributed by atoms with Gasteiger partial charge in [0.2, 0.25) is 5.91 Å². The molecule has 180 valence electrons. The number of nitrogens with one attached hydrogen (secondary N) is 1. The van der Waals surface area contributed by atoms with Crippen LogP contribution in [0, 0.1) is 5.82 Å². The fourth-order valence-corrected chi connectivity index (χ4v) is 3.93. The molecule has 0 bridgehead atoms. The Morgan fingerprint density at radius 2 is 2.03 bits per heavy atom. The summed E-state index contributed by atoms with van der Waals surface area (Å²) in [6, 6.07) is 9.84. The first-order valence-electron chi connectivity index (χ1n) is 11.0. The van der Waals surface area contributed by atoms with E-state index in [2.05, 4.69) is 15.3 Å². The van der Waals surface area contributed by atoms with Gasteiger partial charge >= 0.3 is 0 Å². The Kier molecular flexibility index (Phi) is 8.10. The molecule has 34 heavy (non-hydrogen) atoms. The van der Waals surface area contributed by atoms with Gasteiger partial charge in [0.1, 0.15) is 23.7 Å². The average molecular weight is 489 g/mol. The van der Waals surface area contributed by atoms with Crippen LogP contribution in [0.15, 0.2) is 42.7 Å². The van der Waals surface area contributed by atoms with Gasteiger partial charge in [-0.15, -0.1) is 0 Å². The molecule has 1 aliphatic heterocycles. The Morgan fingerprint density at radius 3 is 2.79 bits per heavy atom. The predicted octanol–water partition coefficient (Wildman–Crippen LogP) is 4.55. The molecule has 0 aliphatic carbocycles. The number of carbonyl (C=O) groups is 1. The number of carbonyl (C=O) groups excluding carboxylic acids is 1. The molecule has 1 saturated heterocycles. The Balaban J connectivity index is 1.33. The van der Waals surface area contributed by atoms with Crippen molar-refractivity contribution in [3.05, 3.63) is 53.6 Å². The molecule has 1 aromatic heterocycles. The van der Waals surface area contributed by atoms with Crippen LogP contribution in [0.25, 0.3) is 10.9 Å². The maximum atomic E-state index is 13.5. The quantitative estimate of drug-likeness (QED) is 0.442. The van der Waals surface area contributed by atoms with Gasteiger partial charge in [-0.3, -0.25) is 4.79 Å². The highest BCUT2D eigenvalue weighted by Crippen LogP contribution is 2.28. The maximum Gasteiger partial charge on any atom is 0.224 e. The number of halogens is 2. The number of anilines is 2. The summed E-state index contributed by atoms with van der Waals surface area (Å²) in [6.45, 7) is 1.87. The highest BCUT2D eigenvalue weighted by molar-refractivity contribution is 6.31. The van der Waals surface area contributed by atoms with Gasteiger partial charge < -0.3 is 24.4 Å². The van der Waals surface area contributed by atoms with Crippen LogP contribution in [0.5, 0.6) is 5.75 Å². The number of ether oxygens (including phenoxy) is 3. The maximum absolute atomic E-state index is 13.5. The molecule has 1 amide bonds. The van der Waals surface area contributed by atoms with Gasteiger partial charge in [0, 0.05) is 31.3 Å². The van der Waals surface area contributed by atoms with E-state index in [1.807, 2.05) is 23.1 Å². The second-order valence-corrected chi connectivity index (χ2v) is 8.31. The fraction of sp³-hybridized carbons (Fsp3) is 0.375. The van der Waals surface area contributed by atoms with Crippen LogP contribution in [0.1, 0.15) is 19.3 Å². The monoisotopic (exact) mass is 488 g/mol. The minimum Gasteiger partial charge on any atom is -0.468 e. The van der Waals surface area contributed by atoms with Crippen molar-refractivity contribution in [2.75, 3.05) is 38.9 Å². The molecule has 1 aliphatic rings. The lowest BCUT2D eigenvalue weighted by Crippen LogP contribution is -2.41. The van der Waals surface area contributed by atoms with Crippen molar-refractivity contribution < 1.29 is 23.4 Å². The normalized spacial score (nSPS) is 14.4. The van der Waals surface area contributed by atoms with E-state index in [4.69, 9.17) is 25.8 Å². The van der Waals surface area contributed by atoms with Crippen molar-refractivity contribution in [1.29, 1.82) is 0 Å². The largest absolute Gasteiger partial charge is 0.468 e. The molecule has 2 aromatic carbocycles. The van der Waals surface area contributed by atoms with Crippen molar-refractivity contribution in [2.24, 2.45) is 0 Å². The van der Waals surface area contributed by atoms with Crippen molar-refractivity contribution >= 4 is 39.9 Å². The topological polar surface area (TPSA) is 85.8 Å². The molecule has 8 nitrogen and oxygen atoms in total. The summed E-state index contributed by atoms with van der Waals surface area (Å²) in [5.41, 5.74) is 1.33. The van der Waals surface area contributed by atoms with E-state index >= 15 is 0 Å². The minimum atomic E-state index is -0.487. The summed E-state index contributed by atoms with van der Waals surface area (Å²) in [6.07, 6.45) is 3.42. The van der Waals surface area contributed by atoms with Gasteiger partial charge in [-0.05, 0) is 49.2 Å². The van der Waals surface area contributed by atoms with Gasteiger partial charge in [0.25, 0.3) is 0 Å². The molecule has 0 atom stereocenters. The van der Waals surface area contributed by atoms with Crippen LogP contribution in [0.3, 0.4) is 0 Å². The summed E-state index contributed by atoms with van der Waals surface area (Å²) in [7, 11) is 1.59. The third-order valence-electron chi connectivity index (χ3n) is 5.63. The van der Waals surface area contributed by atoms with E-state index in [1.54, 1.807) is 13.2 Å². The predicted molar refractivity (Wildman–Crippen MR) is 127 cm³/mol. The number of amides is 1. The molecule has 0 unspecified atom stereocenters. The van der Waals surface area contributed by atoms with Crippen LogP contribution in [-0.4, -0.2) is 60.5 Å². The smallest absolute Gasteiger partial charge is 0.224 e. The number of benzene rings is 2. The lowest BCUT2D eigenvalue weighted by molar-refractivity contribution is -0.135. The molecule has 0 saturated carbocycles. The standard InChI is InChI=1S/C24H26ClFN4O4/c1-32-11-8-23(31)30-9-6-17(7-10-30)33-15-34-18-3-5-22-19(13-18)24(28-14-27-22)29-16-2-4-21(26)20(25)12-16/h2-5,12-14,17H,6-11,15H2,1H3,(H,27,28,29). The van der Waals surface area contributed by atoms with Crippen molar-refractivity contribution in [3.8, 4) is 5.75 Å². The Labute approximate surface area is 202 Å². The van der Waals surface area contributed by atoms with Crippen LogP contribution in [0.2, 0.25) is 5.02 Å². The number of rotatable bonds is 9. The van der Waals surface area contributed by atoms with Crippen molar-refractivity contribution in [1.82, 2.24) is 14.9 Å². The number of fused-ring (bicyclic) bond motifs is 1. The van der Waals surface area contributed by atoms with Crippen LogP contribution in [0.4, 0.5) is 15.9 Å². The van der Waals surface area contributed by atoms with Crippen LogP contribution >= 0.6 is 11.6 Å². The number of nitrogens with zero attached hydrogens (tertiary/aromatic N) is 3. The van der Waals surface area contributed by atoms with Crippen LogP contribution < -0.4 is 10.1 Å². The Hall–Kier alpha value is -3.01. The molecule has 0 radical (unpaired) electrons. The molecule has 4 rings (SSSR count). The summed E-state index contributed by atoms with van der Waals surface area (Å²) in [5.74, 6) is 0.778. The highest BCUT2D eigenvalue weighted by atomic mass is 35.5. The molecule has 10 heteroatoms. The molecule has 3 aromatic rings. The molecule has 2 heterocycles. The Bertz CT molecular complexity index is 1140. The number of hydrogen-bond donors (Lipinski definition) is 1. The number of aromatic nitrogens is 2. The van der Waals surface area contributed by atoms with E-state index in [0.29, 0.717) is 43.4 Å². The summed E-state index contributed by atoms with van der Waals surface area (Å²) < 4.78 is 30.1. The van der Waals surface area contributed by atoms with E-state index in [0.717, 1.165) is 23.7 Å². The minimum absolute atomic E-state index is 0.0229. The second kappa shape index (κ2) is 11.4. The molecular weight excluding hydrogens is 463 g/mol. The van der Waals surface area contributed by atoms with Gasteiger partial charge in [-0.2, -0.15) is 0 Å². The average Bonchev–Trinajstić information content (AvgIpc) is 2.85. The molecular formula is C24H26ClFN4O4. The Morgan fingerprint density at radius 1 is 1.21 bits per heavy atom. The first-order chi connectivity index (χ1) is 16.5. The first kappa shape index (κ1) is 24.1. The number of methoxy groups -OCH3 is 1. The number of hydrogen-bond acceptors (Lipinski definition) is 7. The molecule has 0 spiro atoms. The lowest BCUT2D eigenvalue weighted by Gasteiger charge is -2.31. The van der Waals surface area contributed by atoms with Crippen LogP contribution in [-0.2, 0) is 14.3 Å². The zero-order valence-corrected chi connectivity index (χ0v) is 19.6. The number of likely N-dealkylation sites (tertiary alicyclic amines) is 1. The van der Waals surface area contributed by atoms with E-state index in [9.17, 15) is 9.18 Å². The van der Waals surface area contributed by atoms with Crippen molar-refractivity contribution in [2.45, 2.75) is 25.4 Å². The van der Waals surface area contributed by atoms with Gasteiger partial charge in [0.15, 0.2) is 6.79 Å². The molecule has 1 N–H and O–H groups in total. The van der Waals surface area contributed by atoms with Gasteiger partial charge in [-0.1, -0.05) is 11.6 Å². The summed E-state index contributed by atoms with van der Waals surface area (Å²) >= 11 is 5.88. The van der Waals surface area contributed by atoms with Crippen molar-refractivity contribution in [3.63, 3.8) is 0 Å². The molecule has 1 fully saturated rings. The fourth-order valence-electron chi connectivity index (χ4n) is 3.75. The third kappa shape index (κ3) is 6.11. The second-order valence-electron chi connectivity index (χ2n) is 7.91. The third-order valence-corrected chi connectivity index (χ3v) is 5.92. The van der Waals surface area contributed by atoms with Gasteiger partial charge in [-0.25, -0.2) is 14.4 Å².